The van der Waals surface area contributed by atoms with Crippen molar-refractivity contribution in [2.24, 2.45) is 0 Å². The lowest BCUT2D eigenvalue weighted by Gasteiger charge is -2.12. The monoisotopic (exact) mass is 634 g/mol. The van der Waals surface area contributed by atoms with Crippen LogP contribution in [0.3, 0.4) is 0 Å². The van der Waals surface area contributed by atoms with Crippen molar-refractivity contribution in [2.75, 3.05) is 0 Å². The van der Waals surface area contributed by atoms with Gasteiger partial charge in [-0.15, -0.1) is 0 Å². The van der Waals surface area contributed by atoms with Crippen molar-refractivity contribution in [2.45, 2.75) is 0 Å². The predicted molar refractivity (Wildman–Crippen MR) is 206 cm³/mol. The Morgan fingerprint density at radius 2 is 0.640 bits per heavy atom. The first-order valence-electron chi connectivity index (χ1n) is 17.2. The molecule has 2 nitrogen and oxygen atoms in total. The van der Waals surface area contributed by atoms with Crippen LogP contribution in [0.15, 0.2) is 167 Å². The minimum Gasteiger partial charge on any atom is -0.455 e. The molecule has 0 aliphatic heterocycles. The zero-order valence-electron chi connectivity index (χ0n) is 26.8. The zero-order chi connectivity index (χ0) is 32.5. The van der Waals surface area contributed by atoms with E-state index in [4.69, 9.17) is 8.83 Å². The molecule has 0 unspecified atom stereocenters. The maximum absolute atomic E-state index is 6.38. The molecule has 8 aromatic carbocycles. The van der Waals surface area contributed by atoms with Crippen molar-refractivity contribution >= 4 is 43.5 Å². The van der Waals surface area contributed by atoms with Crippen LogP contribution in [0.4, 0.5) is 0 Å². The SMILES string of the molecule is c1ccc2c3c(oc2c1)-c1ccc(-c2ccc(-c4ccc(-c5ccc6c7c(cccc57)-c5c-6oc6ccccc56)cc4)cc2)c2cccc-3c12. The summed E-state index contributed by atoms with van der Waals surface area (Å²) in [4.78, 5) is 0. The van der Waals surface area contributed by atoms with E-state index in [0.29, 0.717) is 0 Å². The number of para-hydroxylation sites is 2. The van der Waals surface area contributed by atoms with E-state index < -0.39 is 0 Å². The summed E-state index contributed by atoms with van der Waals surface area (Å²) in [6.07, 6.45) is 0. The number of furan rings is 2. The van der Waals surface area contributed by atoms with Gasteiger partial charge < -0.3 is 8.83 Å². The zero-order valence-corrected chi connectivity index (χ0v) is 26.8. The molecular weight excluding hydrogens is 609 g/mol. The van der Waals surface area contributed by atoms with E-state index in [-0.39, 0.29) is 0 Å². The Morgan fingerprint density at radius 3 is 1.10 bits per heavy atom. The summed E-state index contributed by atoms with van der Waals surface area (Å²) in [6.45, 7) is 0. The molecule has 0 saturated carbocycles. The fraction of sp³-hybridized carbons (Fsp3) is 0. The lowest BCUT2D eigenvalue weighted by molar-refractivity contribution is 0.634. The van der Waals surface area contributed by atoms with Crippen LogP contribution in [0.1, 0.15) is 0 Å². The standard InChI is InChI=1S/C48H26O2/c1-3-13-41-35(7-1)45-37-11-5-9-33-31(23-25-39(43(33)37)47(45)49-41)29-19-15-27(16-20-29)28-17-21-30(22-18-28)32-24-26-40-44-34(32)10-6-12-38(44)46-36-8-2-4-14-42(36)50-48(40)46/h1-26H. The average molecular weight is 635 g/mol. The van der Waals surface area contributed by atoms with Gasteiger partial charge in [-0.25, -0.2) is 0 Å². The van der Waals surface area contributed by atoms with Gasteiger partial charge in [0.2, 0.25) is 0 Å². The van der Waals surface area contributed by atoms with E-state index >= 15 is 0 Å². The van der Waals surface area contributed by atoms with Gasteiger partial charge in [0.25, 0.3) is 0 Å². The molecular formula is C48H26O2. The highest BCUT2D eigenvalue weighted by molar-refractivity contribution is 6.23. The Hall–Kier alpha value is -6.64. The summed E-state index contributed by atoms with van der Waals surface area (Å²) in [5.74, 6) is 1.97. The summed E-state index contributed by atoms with van der Waals surface area (Å²) in [7, 11) is 0. The maximum Gasteiger partial charge on any atom is 0.143 e. The number of hydrogen-bond acceptors (Lipinski definition) is 2. The topological polar surface area (TPSA) is 26.3 Å². The lowest BCUT2D eigenvalue weighted by atomic mass is 9.92. The summed E-state index contributed by atoms with van der Waals surface area (Å²) in [5.41, 5.74) is 16.5. The van der Waals surface area contributed by atoms with Gasteiger partial charge in [0, 0.05) is 43.8 Å². The Balaban J connectivity index is 0.892. The van der Waals surface area contributed by atoms with Gasteiger partial charge in [-0.05, 0) is 79.5 Å². The largest absolute Gasteiger partial charge is 0.455 e. The van der Waals surface area contributed by atoms with Crippen LogP contribution in [0, 0.1) is 0 Å². The first-order chi connectivity index (χ1) is 24.8. The molecule has 0 fully saturated rings. The number of hydrogen-bond donors (Lipinski definition) is 0. The molecule has 2 aliphatic carbocycles. The Kier molecular flexibility index (Phi) is 5.00. The second-order valence-corrected chi connectivity index (χ2v) is 13.5. The molecule has 0 bridgehead atoms. The summed E-state index contributed by atoms with van der Waals surface area (Å²) >= 11 is 0. The Bertz CT molecular complexity index is 2850. The molecule has 0 saturated heterocycles. The molecule has 50 heavy (non-hydrogen) atoms. The van der Waals surface area contributed by atoms with E-state index in [1.807, 2.05) is 12.1 Å². The van der Waals surface area contributed by atoms with E-state index in [9.17, 15) is 0 Å². The van der Waals surface area contributed by atoms with Crippen LogP contribution < -0.4 is 0 Å². The molecule has 0 N–H and O–H groups in total. The highest BCUT2D eigenvalue weighted by Gasteiger charge is 2.30. The van der Waals surface area contributed by atoms with E-state index in [1.54, 1.807) is 0 Å². The minimum absolute atomic E-state index is 0.944. The van der Waals surface area contributed by atoms with Gasteiger partial charge in [0.15, 0.2) is 0 Å². The highest BCUT2D eigenvalue weighted by atomic mass is 16.3. The summed E-state index contributed by atoms with van der Waals surface area (Å²) in [6, 6.07) is 57.0. The number of rotatable bonds is 3. The van der Waals surface area contributed by atoms with Gasteiger partial charge in [-0.2, -0.15) is 0 Å². The minimum atomic E-state index is 0.944. The highest BCUT2D eigenvalue weighted by Crippen LogP contribution is 2.54. The third kappa shape index (κ3) is 3.37. The molecule has 0 amide bonds. The second kappa shape index (κ2) is 9.49. The van der Waals surface area contributed by atoms with Gasteiger partial charge >= 0.3 is 0 Å². The number of fused-ring (bicyclic) bond motifs is 10. The summed E-state index contributed by atoms with van der Waals surface area (Å²) < 4.78 is 12.8. The van der Waals surface area contributed by atoms with Crippen LogP contribution in [-0.2, 0) is 0 Å². The van der Waals surface area contributed by atoms with Crippen molar-refractivity contribution in [1.82, 2.24) is 0 Å². The first-order valence-corrected chi connectivity index (χ1v) is 17.2. The smallest absolute Gasteiger partial charge is 0.143 e. The molecule has 2 heteroatoms. The molecule has 2 heterocycles. The van der Waals surface area contributed by atoms with E-state index in [0.717, 1.165) is 22.7 Å². The van der Waals surface area contributed by atoms with Gasteiger partial charge in [-0.3, -0.25) is 0 Å². The van der Waals surface area contributed by atoms with Gasteiger partial charge in [0.1, 0.15) is 22.7 Å². The molecule has 10 aromatic rings. The third-order valence-corrected chi connectivity index (χ3v) is 11.0. The molecule has 0 spiro atoms. The second-order valence-electron chi connectivity index (χ2n) is 13.5. The van der Waals surface area contributed by atoms with Crippen molar-refractivity contribution in [3.8, 4) is 78.3 Å². The van der Waals surface area contributed by atoms with Crippen LogP contribution in [0.2, 0.25) is 0 Å². The van der Waals surface area contributed by atoms with E-state index in [1.165, 1.54) is 99.1 Å². The quantitative estimate of drug-likeness (QED) is 0.193. The van der Waals surface area contributed by atoms with Crippen LogP contribution >= 0.6 is 0 Å². The van der Waals surface area contributed by atoms with E-state index in [2.05, 4.69) is 146 Å². The Morgan fingerprint density at radius 1 is 0.260 bits per heavy atom. The fourth-order valence-electron chi connectivity index (χ4n) is 8.80. The molecule has 230 valence electrons. The van der Waals surface area contributed by atoms with Crippen LogP contribution in [-0.4, -0.2) is 0 Å². The number of benzene rings is 8. The van der Waals surface area contributed by atoms with Crippen molar-refractivity contribution in [3.63, 3.8) is 0 Å². The maximum atomic E-state index is 6.38. The first kappa shape index (κ1) is 26.3. The van der Waals surface area contributed by atoms with Crippen molar-refractivity contribution in [3.05, 3.63) is 158 Å². The van der Waals surface area contributed by atoms with Crippen molar-refractivity contribution in [1.29, 1.82) is 0 Å². The molecule has 2 aliphatic rings. The van der Waals surface area contributed by atoms with Crippen LogP contribution in [0.25, 0.3) is 122 Å². The van der Waals surface area contributed by atoms with Crippen molar-refractivity contribution < 1.29 is 8.83 Å². The predicted octanol–water partition coefficient (Wildman–Crippen LogP) is 13.8. The molecule has 2 aromatic heterocycles. The van der Waals surface area contributed by atoms with Gasteiger partial charge in [0.05, 0.1) is 0 Å². The average Bonchev–Trinajstić information content (AvgIpc) is 3.92. The van der Waals surface area contributed by atoms with Crippen LogP contribution in [0.5, 0.6) is 0 Å². The van der Waals surface area contributed by atoms with Gasteiger partial charge in [-0.1, -0.05) is 133 Å². The summed E-state index contributed by atoms with van der Waals surface area (Å²) in [5, 5.41) is 7.44. The Labute approximate surface area is 287 Å². The normalized spacial score (nSPS) is 12.4. The lowest BCUT2D eigenvalue weighted by Crippen LogP contribution is -1.86. The molecule has 0 radical (unpaired) electrons. The fourth-order valence-corrected chi connectivity index (χ4v) is 8.80. The molecule has 12 rings (SSSR count). The molecule has 0 atom stereocenters. The third-order valence-electron chi connectivity index (χ3n) is 11.0.